The summed E-state index contributed by atoms with van der Waals surface area (Å²) in [6.07, 6.45) is 6.36. The summed E-state index contributed by atoms with van der Waals surface area (Å²) >= 11 is 0. The SMILES string of the molecule is CC1=CC=CC(C)=C(C)N1C. The lowest BCUT2D eigenvalue weighted by Gasteiger charge is -2.20. The molecule has 0 fully saturated rings. The van der Waals surface area contributed by atoms with Crippen molar-refractivity contribution in [3.8, 4) is 0 Å². The molecule has 1 aliphatic heterocycles. The number of hydrogen-bond acceptors (Lipinski definition) is 1. The molecule has 60 valence electrons. The fraction of sp³-hybridized carbons (Fsp3) is 0.400. The molecule has 0 N–H and O–H groups in total. The Morgan fingerprint density at radius 3 is 2.45 bits per heavy atom. The van der Waals surface area contributed by atoms with E-state index in [9.17, 15) is 0 Å². The van der Waals surface area contributed by atoms with Crippen LogP contribution in [-0.4, -0.2) is 11.9 Å². The highest BCUT2D eigenvalue weighted by Crippen LogP contribution is 2.17. The van der Waals surface area contributed by atoms with Crippen molar-refractivity contribution >= 4 is 0 Å². The molecule has 1 nitrogen and oxygen atoms in total. The van der Waals surface area contributed by atoms with Crippen molar-refractivity contribution in [2.75, 3.05) is 7.05 Å². The van der Waals surface area contributed by atoms with Gasteiger partial charge in [-0.1, -0.05) is 12.2 Å². The van der Waals surface area contributed by atoms with Crippen LogP contribution in [0.5, 0.6) is 0 Å². The van der Waals surface area contributed by atoms with Crippen LogP contribution in [0.1, 0.15) is 20.8 Å². The molecule has 1 rings (SSSR count). The minimum Gasteiger partial charge on any atom is -0.352 e. The summed E-state index contributed by atoms with van der Waals surface area (Å²) in [6.45, 7) is 6.39. The zero-order chi connectivity index (χ0) is 8.43. The van der Waals surface area contributed by atoms with Crippen molar-refractivity contribution in [1.29, 1.82) is 0 Å². The Bertz CT molecular complexity index is 244. The van der Waals surface area contributed by atoms with E-state index in [2.05, 4.69) is 50.9 Å². The minimum atomic E-state index is 1.29. The smallest absolute Gasteiger partial charge is 0.0171 e. The van der Waals surface area contributed by atoms with E-state index in [0.29, 0.717) is 0 Å². The number of allylic oxidation sites excluding steroid dienone is 6. The van der Waals surface area contributed by atoms with Gasteiger partial charge in [0.15, 0.2) is 0 Å². The molecule has 0 radical (unpaired) electrons. The summed E-state index contributed by atoms with van der Waals surface area (Å²) in [5.74, 6) is 0. The third kappa shape index (κ3) is 1.53. The molecule has 0 bridgehead atoms. The predicted octanol–water partition coefficient (Wildman–Crippen LogP) is 2.69. The number of nitrogens with zero attached hydrogens (tertiary/aromatic N) is 1. The zero-order valence-corrected chi connectivity index (χ0v) is 7.68. The molecule has 0 spiro atoms. The summed E-state index contributed by atoms with van der Waals surface area (Å²) in [5, 5.41) is 0. The maximum absolute atomic E-state index is 2.20. The standard InChI is InChI=1S/C10H15N/c1-8-6-5-7-9(2)11(4)10(8)3/h5-7H,1-4H3. The Hall–Kier alpha value is -0.980. The highest BCUT2D eigenvalue weighted by atomic mass is 15.1. The highest BCUT2D eigenvalue weighted by Gasteiger charge is 2.04. The van der Waals surface area contributed by atoms with Crippen LogP contribution in [0, 0.1) is 0 Å². The van der Waals surface area contributed by atoms with Crippen molar-refractivity contribution in [2.45, 2.75) is 20.8 Å². The topological polar surface area (TPSA) is 3.24 Å². The van der Waals surface area contributed by atoms with Gasteiger partial charge in [-0.15, -0.1) is 0 Å². The fourth-order valence-corrected chi connectivity index (χ4v) is 1.09. The Morgan fingerprint density at radius 2 is 1.82 bits per heavy atom. The molecule has 0 aliphatic carbocycles. The Morgan fingerprint density at radius 1 is 1.18 bits per heavy atom. The maximum atomic E-state index is 2.20. The molecule has 0 aromatic carbocycles. The van der Waals surface area contributed by atoms with Crippen molar-refractivity contribution in [3.63, 3.8) is 0 Å². The Balaban J connectivity index is 3.05. The molecule has 11 heavy (non-hydrogen) atoms. The van der Waals surface area contributed by atoms with Crippen LogP contribution in [0.2, 0.25) is 0 Å². The average molecular weight is 149 g/mol. The quantitative estimate of drug-likeness (QED) is 0.512. The molecule has 1 aliphatic rings. The number of hydrogen-bond donors (Lipinski definition) is 0. The first-order valence-electron chi connectivity index (χ1n) is 3.89. The second-order valence-electron chi connectivity index (χ2n) is 2.99. The van der Waals surface area contributed by atoms with E-state index in [4.69, 9.17) is 0 Å². The monoisotopic (exact) mass is 149 g/mol. The van der Waals surface area contributed by atoms with Crippen LogP contribution in [-0.2, 0) is 0 Å². The molecule has 0 unspecified atom stereocenters. The predicted molar refractivity (Wildman–Crippen MR) is 49.0 cm³/mol. The van der Waals surface area contributed by atoms with Crippen molar-refractivity contribution in [2.24, 2.45) is 0 Å². The molecule has 0 aromatic heterocycles. The van der Waals surface area contributed by atoms with E-state index in [0.717, 1.165) is 0 Å². The van der Waals surface area contributed by atoms with E-state index < -0.39 is 0 Å². The van der Waals surface area contributed by atoms with Gasteiger partial charge in [-0.25, -0.2) is 0 Å². The van der Waals surface area contributed by atoms with Crippen LogP contribution < -0.4 is 0 Å². The van der Waals surface area contributed by atoms with Gasteiger partial charge < -0.3 is 4.90 Å². The van der Waals surface area contributed by atoms with Gasteiger partial charge >= 0.3 is 0 Å². The molecule has 0 saturated heterocycles. The lowest BCUT2D eigenvalue weighted by atomic mass is 10.2. The third-order valence-electron chi connectivity index (χ3n) is 2.29. The first kappa shape index (κ1) is 8.12. The van der Waals surface area contributed by atoms with Gasteiger partial charge in [-0.05, 0) is 32.4 Å². The minimum absolute atomic E-state index is 1.29. The maximum Gasteiger partial charge on any atom is 0.0171 e. The van der Waals surface area contributed by atoms with Crippen molar-refractivity contribution < 1.29 is 0 Å². The molecular formula is C10H15N. The molecule has 1 heteroatoms. The fourth-order valence-electron chi connectivity index (χ4n) is 1.09. The highest BCUT2D eigenvalue weighted by molar-refractivity contribution is 5.31. The summed E-state index contributed by atoms with van der Waals surface area (Å²) in [4.78, 5) is 2.20. The molecule has 0 saturated carbocycles. The van der Waals surface area contributed by atoms with E-state index in [-0.39, 0.29) is 0 Å². The first-order chi connectivity index (χ1) is 5.13. The van der Waals surface area contributed by atoms with Gasteiger partial charge in [-0.2, -0.15) is 0 Å². The lowest BCUT2D eigenvalue weighted by molar-refractivity contribution is 0.518. The van der Waals surface area contributed by atoms with Gasteiger partial charge in [0.1, 0.15) is 0 Å². The second-order valence-corrected chi connectivity index (χ2v) is 2.99. The van der Waals surface area contributed by atoms with Crippen LogP contribution >= 0.6 is 0 Å². The van der Waals surface area contributed by atoms with Gasteiger partial charge in [0.25, 0.3) is 0 Å². The van der Waals surface area contributed by atoms with Crippen molar-refractivity contribution in [1.82, 2.24) is 4.90 Å². The largest absolute Gasteiger partial charge is 0.352 e. The second kappa shape index (κ2) is 2.95. The molecule has 1 heterocycles. The van der Waals surface area contributed by atoms with Crippen LogP contribution in [0.3, 0.4) is 0 Å². The number of rotatable bonds is 0. The van der Waals surface area contributed by atoms with E-state index in [1.54, 1.807) is 0 Å². The summed E-state index contributed by atoms with van der Waals surface area (Å²) in [7, 11) is 2.09. The molecule has 0 atom stereocenters. The van der Waals surface area contributed by atoms with E-state index in [1.165, 1.54) is 17.0 Å². The zero-order valence-electron chi connectivity index (χ0n) is 7.68. The molecule has 0 aromatic rings. The van der Waals surface area contributed by atoms with Gasteiger partial charge in [0.2, 0.25) is 0 Å². The summed E-state index contributed by atoms with van der Waals surface area (Å²) in [6, 6.07) is 0. The Kier molecular flexibility index (Phi) is 2.18. The van der Waals surface area contributed by atoms with Gasteiger partial charge in [0, 0.05) is 18.4 Å². The first-order valence-corrected chi connectivity index (χ1v) is 3.89. The van der Waals surface area contributed by atoms with Crippen LogP contribution in [0.4, 0.5) is 0 Å². The van der Waals surface area contributed by atoms with E-state index >= 15 is 0 Å². The molecular weight excluding hydrogens is 134 g/mol. The molecule has 0 amide bonds. The lowest BCUT2D eigenvalue weighted by Crippen LogP contribution is -2.13. The summed E-state index contributed by atoms with van der Waals surface area (Å²) < 4.78 is 0. The van der Waals surface area contributed by atoms with Gasteiger partial charge in [0.05, 0.1) is 0 Å². The third-order valence-corrected chi connectivity index (χ3v) is 2.29. The summed E-state index contributed by atoms with van der Waals surface area (Å²) in [5.41, 5.74) is 3.95. The Labute approximate surface area is 68.7 Å². The van der Waals surface area contributed by atoms with Gasteiger partial charge in [-0.3, -0.25) is 0 Å². The van der Waals surface area contributed by atoms with Crippen LogP contribution in [0.25, 0.3) is 0 Å². The van der Waals surface area contributed by atoms with Crippen molar-refractivity contribution in [3.05, 3.63) is 35.2 Å². The normalized spacial score (nSPS) is 18.5. The average Bonchev–Trinajstić information content (AvgIpc) is 2.07. The van der Waals surface area contributed by atoms with Crippen LogP contribution in [0.15, 0.2) is 35.2 Å². The van der Waals surface area contributed by atoms with E-state index in [1.807, 2.05) is 0 Å².